The highest BCUT2D eigenvalue weighted by Gasteiger charge is 2.22. The van der Waals surface area contributed by atoms with Crippen LogP contribution in [0.3, 0.4) is 0 Å². The van der Waals surface area contributed by atoms with Crippen LogP contribution in [0, 0.1) is 18.8 Å². The minimum atomic E-state index is -0.416. The van der Waals surface area contributed by atoms with E-state index in [2.05, 4.69) is 76.1 Å². The fourth-order valence-corrected chi connectivity index (χ4v) is 4.87. The fraction of sp³-hybridized carbons (Fsp3) is 0.303. The van der Waals surface area contributed by atoms with Crippen molar-refractivity contribution in [1.82, 2.24) is 4.90 Å². The smallest absolute Gasteiger partial charge is 0.343 e. The molecule has 39 heavy (non-hydrogen) atoms. The van der Waals surface area contributed by atoms with Gasteiger partial charge in [0.25, 0.3) is 0 Å². The Balaban J connectivity index is 1.50. The third-order valence-corrected chi connectivity index (χ3v) is 7.42. The molecule has 0 saturated heterocycles. The van der Waals surface area contributed by atoms with Gasteiger partial charge >= 0.3 is 5.97 Å². The summed E-state index contributed by atoms with van der Waals surface area (Å²) in [6.45, 7) is 2.93. The topological polar surface area (TPSA) is 48.0 Å². The zero-order chi connectivity index (χ0) is 27.6. The lowest BCUT2D eigenvalue weighted by Crippen LogP contribution is -2.13. The van der Waals surface area contributed by atoms with Gasteiger partial charge in [-0.15, -0.1) is 11.8 Å². The van der Waals surface area contributed by atoms with E-state index in [0.717, 1.165) is 45.4 Å². The number of ether oxygens (including phenoxy) is 3. The predicted octanol–water partition coefficient (Wildman–Crippen LogP) is 6.23. The van der Waals surface area contributed by atoms with Crippen molar-refractivity contribution < 1.29 is 19.0 Å². The summed E-state index contributed by atoms with van der Waals surface area (Å²) in [5, 5.41) is 0.779. The van der Waals surface area contributed by atoms with Crippen molar-refractivity contribution >= 4 is 23.3 Å². The Labute approximate surface area is 236 Å². The summed E-state index contributed by atoms with van der Waals surface area (Å²) in [6.07, 6.45) is 4.75. The van der Waals surface area contributed by atoms with E-state index in [4.69, 9.17) is 9.47 Å². The predicted molar refractivity (Wildman–Crippen MR) is 158 cm³/mol. The molecule has 4 rings (SSSR count). The number of thioether (sulfide) groups is 1. The summed E-state index contributed by atoms with van der Waals surface area (Å²) in [5.41, 5.74) is 5.25. The van der Waals surface area contributed by atoms with E-state index >= 15 is 0 Å². The third kappa shape index (κ3) is 8.95. The van der Waals surface area contributed by atoms with E-state index in [9.17, 15) is 4.79 Å². The van der Waals surface area contributed by atoms with Crippen LogP contribution in [-0.2, 0) is 9.53 Å². The van der Waals surface area contributed by atoms with Gasteiger partial charge in [-0.2, -0.15) is 0 Å². The molecule has 3 aromatic rings. The number of hydrogen-bond donors (Lipinski definition) is 0. The Morgan fingerprint density at radius 2 is 1.69 bits per heavy atom. The van der Waals surface area contributed by atoms with Crippen LogP contribution < -0.4 is 9.47 Å². The lowest BCUT2D eigenvalue weighted by atomic mass is 9.97. The molecule has 3 aromatic carbocycles. The molecule has 1 aliphatic carbocycles. The number of hydrogen-bond acceptors (Lipinski definition) is 6. The van der Waals surface area contributed by atoms with Crippen LogP contribution >= 0.6 is 11.8 Å². The number of aryl methyl sites for hydroxylation is 1. The molecule has 0 aliphatic heterocycles. The Morgan fingerprint density at radius 3 is 2.31 bits per heavy atom. The molecule has 0 N–H and O–H groups in total. The van der Waals surface area contributed by atoms with Crippen LogP contribution in [0.5, 0.6) is 11.5 Å². The average molecular weight is 542 g/mol. The number of benzene rings is 3. The Morgan fingerprint density at radius 1 is 1.00 bits per heavy atom. The molecular weight excluding hydrogens is 506 g/mol. The first kappa shape index (κ1) is 28.4. The van der Waals surface area contributed by atoms with Crippen molar-refractivity contribution in [3.8, 4) is 23.3 Å². The normalized spacial score (nSPS) is 13.0. The second kappa shape index (κ2) is 13.9. The zero-order valence-corrected chi connectivity index (χ0v) is 23.8. The second-order valence-corrected chi connectivity index (χ2v) is 11.1. The molecule has 0 spiro atoms. The molecule has 1 fully saturated rings. The van der Waals surface area contributed by atoms with Gasteiger partial charge in [0.2, 0.25) is 0 Å². The molecule has 0 radical (unpaired) electrons. The van der Waals surface area contributed by atoms with Crippen molar-refractivity contribution in [2.75, 3.05) is 41.0 Å². The minimum absolute atomic E-state index is 0.123. The van der Waals surface area contributed by atoms with E-state index in [1.807, 2.05) is 51.0 Å². The molecular formula is C33H35NO4S. The molecule has 0 heterocycles. The molecule has 6 heteroatoms. The van der Waals surface area contributed by atoms with Crippen LogP contribution in [-0.4, -0.2) is 57.1 Å². The van der Waals surface area contributed by atoms with E-state index in [1.54, 1.807) is 0 Å². The molecule has 5 nitrogen and oxygen atoms in total. The number of rotatable bonds is 11. The number of carbonyl (C=O) groups is 1. The first-order valence-corrected chi connectivity index (χ1v) is 13.9. The summed E-state index contributed by atoms with van der Waals surface area (Å²) in [7, 11) is 5.37. The average Bonchev–Trinajstić information content (AvgIpc) is 3.75. The third-order valence-electron chi connectivity index (χ3n) is 6.07. The van der Waals surface area contributed by atoms with Gasteiger partial charge in [-0.1, -0.05) is 36.1 Å². The van der Waals surface area contributed by atoms with Crippen molar-refractivity contribution in [1.29, 1.82) is 0 Å². The van der Waals surface area contributed by atoms with Gasteiger partial charge in [-0.3, -0.25) is 4.90 Å². The van der Waals surface area contributed by atoms with Crippen LogP contribution in [0.2, 0.25) is 0 Å². The standard InChI is InChI=1S/C33H35NO4S/c1-24-22-28(13-18-32(24)38-23-33(35)36-4)37-21-19-31(27-11-14-29(15-12-27)39-30-16-17-30)26-9-7-25(8-10-26)6-5-20-34(2)3/h7-15,18-19,22,30H,16-17,20-21,23H2,1-4H3. The molecule has 202 valence electrons. The van der Waals surface area contributed by atoms with Gasteiger partial charge in [-0.05, 0) is 105 Å². The second-order valence-electron chi connectivity index (χ2n) is 9.68. The van der Waals surface area contributed by atoms with Crippen LogP contribution in [0.4, 0.5) is 0 Å². The van der Waals surface area contributed by atoms with Gasteiger partial charge in [-0.25, -0.2) is 4.79 Å². The molecule has 0 unspecified atom stereocenters. The van der Waals surface area contributed by atoms with Gasteiger partial charge in [0.1, 0.15) is 18.1 Å². The highest BCUT2D eigenvalue weighted by Crippen LogP contribution is 2.39. The molecule has 0 amide bonds. The van der Waals surface area contributed by atoms with Crippen LogP contribution in [0.25, 0.3) is 5.57 Å². The van der Waals surface area contributed by atoms with E-state index < -0.39 is 5.97 Å². The van der Waals surface area contributed by atoms with E-state index in [0.29, 0.717) is 12.4 Å². The maximum atomic E-state index is 11.4. The molecule has 0 aromatic heterocycles. The van der Waals surface area contributed by atoms with E-state index in [-0.39, 0.29) is 6.61 Å². The monoisotopic (exact) mass is 541 g/mol. The zero-order valence-electron chi connectivity index (χ0n) is 23.0. The van der Waals surface area contributed by atoms with Crippen LogP contribution in [0.15, 0.2) is 77.7 Å². The van der Waals surface area contributed by atoms with Gasteiger partial charge in [0, 0.05) is 15.7 Å². The van der Waals surface area contributed by atoms with Crippen LogP contribution in [0.1, 0.15) is 35.1 Å². The van der Waals surface area contributed by atoms with Crippen molar-refractivity contribution in [2.45, 2.75) is 29.9 Å². The molecule has 0 atom stereocenters. The highest BCUT2D eigenvalue weighted by molar-refractivity contribution is 8.00. The lowest BCUT2D eigenvalue weighted by molar-refractivity contribution is -0.142. The van der Waals surface area contributed by atoms with E-state index in [1.165, 1.54) is 24.8 Å². The fourth-order valence-electron chi connectivity index (χ4n) is 3.82. The summed E-state index contributed by atoms with van der Waals surface area (Å²) >= 11 is 1.96. The lowest BCUT2D eigenvalue weighted by Gasteiger charge is -2.12. The summed E-state index contributed by atoms with van der Waals surface area (Å²) < 4.78 is 16.3. The number of nitrogens with zero attached hydrogens (tertiary/aromatic N) is 1. The molecule has 1 saturated carbocycles. The van der Waals surface area contributed by atoms with Crippen molar-refractivity contribution in [2.24, 2.45) is 0 Å². The quantitative estimate of drug-likeness (QED) is 0.212. The van der Waals surface area contributed by atoms with Gasteiger partial charge in [0.15, 0.2) is 6.61 Å². The maximum Gasteiger partial charge on any atom is 0.343 e. The highest BCUT2D eigenvalue weighted by atomic mass is 32.2. The van der Waals surface area contributed by atoms with Gasteiger partial charge in [0.05, 0.1) is 13.7 Å². The van der Waals surface area contributed by atoms with Crippen molar-refractivity contribution in [3.05, 3.63) is 95.1 Å². The first-order valence-electron chi connectivity index (χ1n) is 13.1. The summed E-state index contributed by atoms with van der Waals surface area (Å²) in [4.78, 5) is 14.7. The number of carbonyl (C=O) groups excluding carboxylic acids is 1. The van der Waals surface area contributed by atoms with Crippen molar-refractivity contribution in [3.63, 3.8) is 0 Å². The Kier molecular flexibility index (Phi) is 10.1. The maximum absolute atomic E-state index is 11.4. The first-order chi connectivity index (χ1) is 18.9. The van der Waals surface area contributed by atoms with Gasteiger partial charge < -0.3 is 14.2 Å². The molecule has 0 bridgehead atoms. The summed E-state index contributed by atoms with van der Waals surface area (Å²) in [6, 6.07) is 22.8. The molecule has 1 aliphatic rings. The summed E-state index contributed by atoms with van der Waals surface area (Å²) in [5.74, 6) is 7.37. The number of esters is 1. The number of methoxy groups -OCH3 is 1. The SMILES string of the molecule is COC(=O)COc1ccc(OCC=C(c2ccc(C#CCN(C)C)cc2)c2ccc(SC3CC3)cc2)cc1C. The Hall–Kier alpha value is -3.66. The Bertz CT molecular complexity index is 1350. The largest absolute Gasteiger partial charge is 0.489 e. The minimum Gasteiger partial charge on any atom is -0.489 e.